The monoisotopic (exact) mass is 429 g/mol. The third kappa shape index (κ3) is 3.25. The van der Waals surface area contributed by atoms with Crippen molar-refractivity contribution in [2.45, 2.75) is 20.4 Å². The zero-order chi connectivity index (χ0) is 22.4. The number of hydrogen-bond donors (Lipinski definition) is 0. The van der Waals surface area contributed by atoms with Gasteiger partial charge in [0.1, 0.15) is 12.1 Å². The Hall–Kier alpha value is -3.61. The van der Waals surface area contributed by atoms with Crippen molar-refractivity contribution in [3.63, 3.8) is 0 Å². The van der Waals surface area contributed by atoms with Gasteiger partial charge in [-0.15, -0.1) is 0 Å². The van der Waals surface area contributed by atoms with Crippen LogP contribution in [0, 0.1) is 13.8 Å². The minimum Gasteiger partial charge on any atom is -0.368 e. The first-order valence-electron chi connectivity index (χ1n) is 11.0. The van der Waals surface area contributed by atoms with Crippen molar-refractivity contribution in [2.24, 2.45) is 7.05 Å². The number of carbonyl (C=O) groups excluding carboxylic acids is 1. The number of aryl methyl sites for hydroxylation is 2. The Labute approximate surface area is 186 Å². The lowest BCUT2D eigenvalue weighted by atomic mass is 10.1. The Kier molecular flexibility index (Phi) is 4.96. The van der Waals surface area contributed by atoms with Crippen molar-refractivity contribution in [3.05, 3.63) is 70.1 Å². The number of hydrogen-bond acceptors (Lipinski definition) is 4. The number of benzene rings is 2. The highest BCUT2D eigenvalue weighted by molar-refractivity contribution is 6.07. The van der Waals surface area contributed by atoms with Crippen molar-refractivity contribution in [2.75, 3.05) is 31.1 Å². The van der Waals surface area contributed by atoms with E-state index in [0.29, 0.717) is 18.6 Å². The number of anilines is 1. The van der Waals surface area contributed by atoms with Crippen molar-refractivity contribution in [3.8, 4) is 0 Å². The van der Waals surface area contributed by atoms with E-state index >= 15 is 0 Å². The largest absolute Gasteiger partial charge is 0.368 e. The minimum absolute atomic E-state index is 0.0419. The Balaban J connectivity index is 1.34. The minimum atomic E-state index is -0.233. The number of carbonyl (C=O) groups is 1. The van der Waals surface area contributed by atoms with E-state index < -0.39 is 0 Å². The van der Waals surface area contributed by atoms with Gasteiger partial charge in [0, 0.05) is 55.2 Å². The molecule has 0 saturated carbocycles. The molecule has 2 aromatic carbocycles. The third-order valence-corrected chi connectivity index (χ3v) is 6.74. The molecule has 2 aromatic heterocycles. The molecule has 0 spiro atoms. The topological polar surface area (TPSA) is 63.4 Å². The SMILES string of the molecule is Cc1cccc(N2CCN(C(=O)Cn3ncc4c5ccccc5n(C)c4c3=O)CC2)c1C. The van der Waals surface area contributed by atoms with Crippen LogP contribution in [0.1, 0.15) is 11.1 Å². The van der Waals surface area contributed by atoms with Gasteiger partial charge in [-0.3, -0.25) is 9.59 Å². The van der Waals surface area contributed by atoms with Gasteiger partial charge in [-0.2, -0.15) is 5.10 Å². The van der Waals surface area contributed by atoms with E-state index in [-0.39, 0.29) is 18.0 Å². The first-order valence-corrected chi connectivity index (χ1v) is 11.0. The lowest BCUT2D eigenvalue weighted by Crippen LogP contribution is -2.50. The van der Waals surface area contributed by atoms with E-state index in [4.69, 9.17) is 0 Å². The Bertz CT molecular complexity index is 1390. The summed E-state index contributed by atoms with van der Waals surface area (Å²) in [5.41, 5.74) is 5.11. The second-order valence-electron chi connectivity index (χ2n) is 8.53. The number of fused-ring (bicyclic) bond motifs is 3. The molecule has 0 unspecified atom stereocenters. The van der Waals surface area contributed by atoms with E-state index in [0.717, 1.165) is 29.4 Å². The molecule has 1 fully saturated rings. The van der Waals surface area contributed by atoms with E-state index in [9.17, 15) is 9.59 Å². The van der Waals surface area contributed by atoms with Gasteiger partial charge in [0.15, 0.2) is 0 Å². The molecule has 5 rings (SSSR count). The maximum Gasteiger partial charge on any atom is 0.291 e. The summed E-state index contributed by atoms with van der Waals surface area (Å²) in [4.78, 5) is 30.3. The van der Waals surface area contributed by atoms with Gasteiger partial charge in [0.05, 0.1) is 6.20 Å². The molecule has 32 heavy (non-hydrogen) atoms. The molecule has 164 valence electrons. The predicted octanol–water partition coefficient (Wildman–Crippen LogP) is 2.85. The molecule has 7 nitrogen and oxygen atoms in total. The Morgan fingerprint density at radius 1 is 0.969 bits per heavy atom. The number of amides is 1. The molecule has 4 aromatic rings. The summed E-state index contributed by atoms with van der Waals surface area (Å²) in [5, 5.41) is 6.14. The van der Waals surface area contributed by atoms with Crippen LogP contribution >= 0.6 is 0 Å². The predicted molar refractivity (Wildman–Crippen MR) is 127 cm³/mol. The van der Waals surface area contributed by atoms with Crippen LogP contribution in [-0.4, -0.2) is 51.3 Å². The fourth-order valence-electron chi connectivity index (χ4n) is 4.73. The fraction of sp³-hybridized carbons (Fsp3) is 0.320. The van der Waals surface area contributed by atoms with Gasteiger partial charge >= 0.3 is 0 Å². The zero-order valence-corrected chi connectivity index (χ0v) is 18.7. The Morgan fingerprint density at radius 2 is 1.72 bits per heavy atom. The maximum atomic E-state index is 13.1. The highest BCUT2D eigenvalue weighted by Crippen LogP contribution is 2.25. The summed E-state index contributed by atoms with van der Waals surface area (Å²) < 4.78 is 3.18. The molecule has 1 amide bonds. The van der Waals surface area contributed by atoms with E-state index in [1.807, 2.05) is 40.8 Å². The van der Waals surface area contributed by atoms with Crippen LogP contribution in [0.4, 0.5) is 5.69 Å². The van der Waals surface area contributed by atoms with Gasteiger partial charge in [-0.05, 0) is 37.1 Å². The van der Waals surface area contributed by atoms with Gasteiger partial charge in [-0.1, -0.05) is 30.3 Å². The van der Waals surface area contributed by atoms with E-state index in [2.05, 4.69) is 42.0 Å². The van der Waals surface area contributed by atoms with Crippen LogP contribution in [0.25, 0.3) is 21.8 Å². The summed E-state index contributed by atoms with van der Waals surface area (Å²) in [6, 6.07) is 14.2. The summed E-state index contributed by atoms with van der Waals surface area (Å²) >= 11 is 0. The van der Waals surface area contributed by atoms with Crippen molar-refractivity contribution in [1.29, 1.82) is 0 Å². The molecule has 0 atom stereocenters. The molecule has 7 heteroatoms. The smallest absolute Gasteiger partial charge is 0.291 e. The van der Waals surface area contributed by atoms with Crippen LogP contribution in [0.2, 0.25) is 0 Å². The molecule has 0 bridgehead atoms. The Morgan fingerprint density at radius 3 is 2.50 bits per heavy atom. The number of para-hydroxylation sites is 1. The summed E-state index contributed by atoms with van der Waals surface area (Å²) in [7, 11) is 1.88. The van der Waals surface area contributed by atoms with E-state index in [1.54, 1.807) is 6.20 Å². The van der Waals surface area contributed by atoms with Gasteiger partial charge < -0.3 is 14.4 Å². The summed E-state index contributed by atoms with van der Waals surface area (Å²) in [6.45, 7) is 7.05. The van der Waals surface area contributed by atoms with Gasteiger partial charge in [-0.25, -0.2) is 4.68 Å². The number of piperazine rings is 1. The van der Waals surface area contributed by atoms with Crippen LogP contribution in [-0.2, 0) is 18.4 Å². The van der Waals surface area contributed by atoms with Crippen molar-refractivity contribution >= 4 is 33.4 Å². The fourth-order valence-corrected chi connectivity index (χ4v) is 4.73. The number of aromatic nitrogens is 3. The standard InChI is InChI=1S/C25H27N5O2/c1-17-7-6-10-21(18(17)2)28-11-13-29(14-12-28)23(31)16-30-25(32)24-20(15-26-30)19-8-4-5-9-22(19)27(24)3/h4-10,15H,11-14,16H2,1-3H3. The molecule has 3 heterocycles. The first kappa shape index (κ1) is 20.3. The average Bonchev–Trinajstić information content (AvgIpc) is 3.10. The molecule has 0 radical (unpaired) electrons. The van der Waals surface area contributed by atoms with Crippen LogP contribution in [0.15, 0.2) is 53.5 Å². The zero-order valence-electron chi connectivity index (χ0n) is 18.7. The maximum absolute atomic E-state index is 13.1. The van der Waals surface area contributed by atoms with Crippen molar-refractivity contribution < 1.29 is 4.79 Å². The van der Waals surface area contributed by atoms with Crippen molar-refractivity contribution in [1.82, 2.24) is 19.2 Å². The first-order chi connectivity index (χ1) is 15.5. The number of rotatable bonds is 3. The van der Waals surface area contributed by atoms with Gasteiger partial charge in [0.25, 0.3) is 5.56 Å². The second kappa shape index (κ2) is 7.82. The van der Waals surface area contributed by atoms with Crippen LogP contribution in [0.3, 0.4) is 0 Å². The summed E-state index contributed by atoms with van der Waals surface area (Å²) in [5.74, 6) is -0.0710. The average molecular weight is 430 g/mol. The third-order valence-electron chi connectivity index (χ3n) is 6.74. The molecular formula is C25H27N5O2. The normalized spacial score (nSPS) is 14.5. The lowest BCUT2D eigenvalue weighted by Gasteiger charge is -2.37. The molecule has 1 saturated heterocycles. The molecule has 0 N–H and O–H groups in total. The van der Waals surface area contributed by atoms with Crippen LogP contribution < -0.4 is 10.5 Å². The molecule has 0 aliphatic carbocycles. The quantitative estimate of drug-likeness (QED) is 0.502. The summed E-state index contributed by atoms with van der Waals surface area (Å²) in [6.07, 6.45) is 1.70. The van der Waals surface area contributed by atoms with Gasteiger partial charge in [0.2, 0.25) is 5.91 Å². The molecule has 1 aliphatic heterocycles. The molecular weight excluding hydrogens is 402 g/mol. The van der Waals surface area contributed by atoms with Crippen LogP contribution in [0.5, 0.6) is 0 Å². The molecule has 1 aliphatic rings. The second-order valence-corrected chi connectivity index (χ2v) is 8.53. The highest BCUT2D eigenvalue weighted by Gasteiger charge is 2.23. The number of nitrogens with zero attached hydrogens (tertiary/aromatic N) is 5. The highest BCUT2D eigenvalue weighted by atomic mass is 16.2. The van der Waals surface area contributed by atoms with E-state index in [1.165, 1.54) is 21.5 Å². The lowest BCUT2D eigenvalue weighted by molar-refractivity contribution is -0.132.